The molecule has 4 heteroatoms. The Labute approximate surface area is 95.2 Å². The summed E-state index contributed by atoms with van der Waals surface area (Å²) in [5, 5.41) is 10.2. The van der Waals surface area contributed by atoms with Gasteiger partial charge in [0.1, 0.15) is 6.10 Å². The predicted octanol–water partition coefficient (Wildman–Crippen LogP) is 1.55. The fraction of sp³-hybridized carbons (Fsp3) is 0.583. The van der Waals surface area contributed by atoms with Crippen LogP contribution in [0.2, 0.25) is 0 Å². The number of ether oxygens (including phenoxy) is 2. The smallest absolute Gasteiger partial charge is 0.213 e. The first-order valence-electron chi connectivity index (χ1n) is 5.58. The Balaban J connectivity index is 2.09. The number of aliphatic hydroxyl groups is 1. The molecule has 2 atom stereocenters. The molecule has 1 N–H and O–H groups in total. The van der Waals surface area contributed by atoms with Gasteiger partial charge in [-0.05, 0) is 18.9 Å². The Morgan fingerprint density at radius 3 is 3.12 bits per heavy atom. The minimum atomic E-state index is -0.560. The third-order valence-electron chi connectivity index (χ3n) is 2.90. The molecule has 2 unspecified atom stereocenters. The average Bonchev–Trinajstić information content (AvgIpc) is 2.39. The number of hydrogen-bond donors (Lipinski definition) is 1. The molecule has 0 bridgehead atoms. The number of aliphatic hydroxyl groups excluding tert-OH is 1. The van der Waals surface area contributed by atoms with Crippen molar-refractivity contribution >= 4 is 0 Å². The maximum absolute atomic E-state index is 10.2. The van der Waals surface area contributed by atoms with E-state index in [4.69, 9.17) is 9.47 Å². The summed E-state index contributed by atoms with van der Waals surface area (Å²) in [6, 6.07) is 5.43. The van der Waals surface area contributed by atoms with Gasteiger partial charge >= 0.3 is 0 Å². The van der Waals surface area contributed by atoms with Crippen molar-refractivity contribution in [1.82, 2.24) is 4.98 Å². The Kier molecular flexibility index (Phi) is 3.74. The van der Waals surface area contributed by atoms with E-state index < -0.39 is 6.10 Å². The normalized spacial score (nSPS) is 22.8. The maximum atomic E-state index is 10.2. The van der Waals surface area contributed by atoms with Crippen molar-refractivity contribution in [1.29, 1.82) is 0 Å². The van der Waals surface area contributed by atoms with E-state index in [1.807, 2.05) is 12.1 Å². The molecule has 2 rings (SSSR count). The first-order valence-corrected chi connectivity index (χ1v) is 5.58. The van der Waals surface area contributed by atoms with Gasteiger partial charge in [0.15, 0.2) is 0 Å². The van der Waals surface area contributed by atoms with Crippen LogP contribution in [0.3, 0.4) is 0 Å². The third kappa shape index (κ3) is 2.51. The maximum Gasteiger partial charge on any atom is 0.213 e. The molecule has 1 aliphatic rings. The van der Waals surface area contributed by atoms with Crippen LogP contribution in [0.5, 0.6) is 5.88 Å². The van der Waals surface area contributed by atoms with Crippen LogP contribution in [0.15, 0.2) is 18.2 Å². The molecular weight excluding hydrogens is 206 g/mol. The standard InChI is InChI=1S/C12H17NO3/c1-15-11-6-2-5-10(13-11)12(14)9-4-3-7-16-8-9/h2,5-6,9,12,14H,3-4,7-8H2,1H3. The van der Waals surface area contributed by atoms with Gasteiger partial charge in [0.2, 0.25) is 5.88 Å². The Hall–Kier alpha value is -1.13. The fourth-order valence-corrected chi connectivity index (χ4v) is 1.97. The zero-order valence-electron chi connectivity index (χ0n) is 9.43. The van der Waals surface area contributed by atoms with Crippen molar-refractivity contribution in [3.63, 3.8) is 0 Å². The van der Waals surface area contributed by atoms with Crippen LogP contribution in [0.25, 0.3) is 0 Å². The van der Waals surface area contributed by atoms with Crippen molar-refractivity contribution in [2.45, 2.75) is 18.9 Å². The summed E-state index contributed by atoms with van der Waals surface area (Å²) in [5.74, 6) is 0.682. The second-order valence-electron chi connectivity index (χ2n) is 4.03. The van der Waals surface area contributed by atoms with Gasteiger partial charge in [0.05, 0.1) is 19.4 Å². The van der Waals surface area contributed by atoms with Gasteiger partial charge in [-0.25, -0.2) is 4.98 Å². The number of rotatable bonds is 3. The van der Waals surface area contributed by atoms with Gasteiger partial charge in [-0.15, -0.1) is 0 Å². The molecule has 2 heterocycles. The molecule has 1 aromatic rings. The summed E-state index contributed by atoms with van der Waals surface area (Å²) in [4.78, 5) is 4.24. The Morgan fingerprint density at radius 2 is 2.44 bits per heavy atom. The summed E-state index contributed by atoms with van der Waals surface area (Å²) in [6.07, 6.45) is 1.43. The minimum absolute atomic E-state index is 0.147. The predicted molar refractivity (Wildman–Crippen MR) is 59.3 cm³/mol. The van der Waals surface area contributed by atoms with E-state index in [2.05, 4.69) is 4.98 Å². The highest BCUT2D eigenvalue weighted by Crippen LogP contribution is 2.28. The minimum Gasteiger partial charge on any atom is -0.481 e. The van der Waals surface area contributed by atoms with Gasteiger partial charge in [-0.3, -0.25) is 0 Å². The van der Waals surface area contributed by atoms with Crippen LogP contribution in [0.1, 0.15) is 24.6 Å². The molecule has 1 fully saturated rings. The van der Waals surface area contributed by atoms with E-state index >= 15 is 0 Å². The molecule has 1 aromatic heterocycles. The molecule has 16 heavy (non-hydrogen) atoms. The molecule has 0 spiro atoms. The first kappa shape index (κ1) is 11.4. The number of methoxy groups -OCH3 is 1. The van der Waals surface area contributed by atoms with Crippen LogP contribution < -0.4 is 4.74 Å². The summed E-state index contributed by atoms with van der Waals surface area (Å²) in [5.41, 5.74) is 0.662. The number of nitrogens with zero attached hydrogens (tertiary/aromatic N) is 1. The fourth-order valence-electron chi connectivity index (χ4n) is 1.97. The quantitative estimate of drug-likeness (QED) is 0.844. The van der Waals surface area contributed by atoms with E-state index in [0.29, 0.717) is 18.2 Å². The van der Waals surface area contributed by atoms with E-state index in [0.717, 1.165) is 19.4 Å². The van der Waals surface area contributed by atoms with Crippen molar-refractivity contribution < 1.29 is 14.6 Å². The Bertz CT molecular complexity index is 337. The summed E-state index contributed by atoms with van der Waals surface area (Å²) in [6.45, 7) is 1.41. The largest absolute Gasteiger partial charge is 0.481 e. The Morgan fingerprint density at radius 1 is 1.56 bits per heavy atom. The highest BCUT2D eigenvalue weighted by Gasteiger charge is 2.24. The lowest BCUT2D eigenvalue weighted by molar-refractivity contribution is -0.0117. The van der Waals surface area contributed by atoms with Crippen LogP contribution in [0, 0.1) is 5.92 Å². The van der Waals surface area contributed by atoms with Crippen LogP contribution in [0.4, 0.5) is 0 Å². The van der Waals surface area contributed by atoms with E-state index in [1.54, 1.807) is 13.2 Å². The molecular formula is C12H17NO3. The number of aromatic nitrogens is 1. The number of hydrogen-bond acceptors (Lipinski definition) is 4. The lowest BCUT2D eigenvalue weighted by Crippen LogP contribution is -2.24. The molecule has 1 saturated heterocycles. The van der Waals surface area contributed by atoms with Gasteiger partial charge in [-0.1, -0.05) is 6.07 Å². The average molecular weight is 223 g/mol. The van der Waals surface area contributed by atoms with Crippen molar-refractivity contribution in [2.75, 3.05) is 20.3 Å². The second kappa shape index (κ2) is 5.27. The van der Waals surface area contributed by atoms with Crippen molar-refractivity contribution in [3.8, 4) is 5.88 Å². The lowest BCUT2D eigenvalue weighted by Gasteiger charge is -2.26. The molecule has 0 amide bonds. The molecule has 88 valence electrons. The molecule has 0 aliphatic carbocycles. The monoisotopic (exact) mass is 223 g/mol. The van der Waals surface area contributed by atoms with E-state index in [1.165, 1.54) is 0 Å². The molecule has 0 aromatic carbocycles. The third-order valence-corrected chi connectivity index (χ3v) is 2.90. The van der Waals surface area contributed by atoms with Gasteiger partial charge in [0, 0.05) is 18.6 Å². The number of pyridine rings is 1. The van der Waals surface area contributed by atoms with Gasteiger partial charge in [0.25, 0.3) is 0 Å². The topological polar surface area (TPSA) is 51.6 Å². The summed E-state index contributed by atoms with van der Waals surface area (Å²) in [7, 11) is 1.57. The van der Waals surface area contributed by atoms with E-state index in [9.17, 15) is 5.11 Å². The zero-order chi connectivity index (χ0) is 11.4. The first-order chi connectivity index (χ1) is 7.81. The molecule has 4 nitrogen and oxygen atoms in total. The van der Waals surface area contributed by atoms with Crippen LogP contribution >= 0.6 is 0 Å². The second-order valence-corrected chi connectivity index (χ2v) is 4.03. The van der Waals surface area contributed by atoms with Gasteiger partial charge < -0.3 is 14.6 Å². The highest BCUT2D eigenvalue weighted by atomic mass is 16.5. The SMILES string of the molecule is COc1cccc(C(O)C2CCCOC2)n1. The van der Waals surface area contributed by atoms with Crippen molar-refractivity contribution in [2.24, 2.45) is 5.92 Å². The van der Waals surface area contributed by atoms with E-state index in [-0.39, 0.29) is 5.92 Å². The zero-order valence-corrected chi connectivity index (χ0v) is 9.43. The van der Waals surface area contributed by atoms with Crippen molar-refractivity contribution in [3.05, 3.63) is 23.9 Å². The molecule has 1 aliphatic heterocycles. The highest BCUT2D eigenvalue weighted by molar-refractivity contribution is 5.17. The van der Waals surface area contributed by atoms with Crippen LogP contribution in [-0.2, 0) is 4.74 Å². The molecule has 0 radical (unpaired) electrons. The van der Waals surface area contributed by atoms with Crippen LogP contribution in [-0.4, -0.2) is 30.4 Å². The lowest BCUT2D eigenvalue weighted by atomic mass is 9.94. The van der Waals surface area contributed by atoms with Gasteiger partial charge in [-0.2, -0.15) is 0 Å². The molecule has 0 saturated carbocycles. The summed E-state index contributed by atoms with van der Waals surface area (Å²) >= 11 is 0. The summed E-state index contributed by atoms with van der Waals surface area (Å²) < 4.78 is 10.4.